The number of rotatable bonds is 6. The van der Waals surface area contributed by atoms with Gasteiger partial charge in [-0.15, -0.1) is 10.2 Å². The monoisotopic (exact) mass is 373 g/mol. The number of nitro groups is 1. The Labute approximate surface area is 157 Å². The van der Waals surface area contributed by atoms with E-state index >= 15 is 0 Å². The zero-order valence-electron chi connectivity index (χ0n) is 15.5. The molecule has 4 rings (SSSR count). The highest BCUT2D eigenvalue weighted by Crippen LogP contribution is 2.42. The van der Waals surface area contributed by atoms with E-state index in [1.807, 2.05) is 6.33 Å². The van der Waals surface area contributed by atoms with Crippen molar-refractivity contribution < 1.29 is 14.4 Å². The van der Waals surface area contributed by atoms with E-state index in [0.29, 0.717) is 29.1 Å². The van der Waals surface area contributed by atoms with E-state index in [9.17, 15) is 10.1 Å². The molecule has 0 unspecified atom stereocenters. The molecule has 0 N–H and O–H groups in total. The van der Waals surface area contributed by atoms with Crippen LogP contribution in [0.3, 0.4) is 0 Å². The van der Waals surface area contributed by atoms with Crippen molar-refractivity contribution in [2.75, 3.05) is 32.2 Å². The van der Waals surface area contributed by atoms with Crippen LogP contribution < -0.4 is 14.4 Å². The molecule has 1 aliphatic carbocycles. The smallest absolute Gasteiger partial charge is 0.296 e. The predicted octanol–water partition coefficient (Wildman–Crippen LogP) is 2.92. The third-order valence-corrected chi connectivity index (χ3v) is 5.42. The summed E-state index contributed by atoms with van der Waals surface area (Å²) in [4.78, 5) is 13.3. The van der Waals surface area contributed by atoms with Crippen LogP contribution in [0.1, 0.15) is 43.5 Å². The first-order valence-corrected chi connectivity index (χ1v) is 9.17. The Morgan fingerprint density at radius 2 is 1.78 bits per heavy atom. The quantitative estimate of drug-likeness (QED) is 0.567. The largest absolute Gasteiger partial charge is 0.493 e. The van der Waals surface area contributed by atoms with E-state index in [-0.39, 0.29) is 10.6 Å². The summed E-state index contributed by atoms with van der Waals surface area (Å²) in [5.41, 5.74) is 0.604. The van der Waals surface area contributed by atoms with E-state index in [2.05, 4.69) is 19.7 Å². The van der Waals surface area contributed by atoms with Crippen LogP contribution in [0.4, 0.5) is 11.4 Å². The number of nitrogens with zero attached hydrogens (tertiary/aromatic N) is 5. The van der Waals surface area contributed by atoms with Gasteiger partial charge in [0.15, 0.2) is 11.5 Å². The van der Waals surface area contributed by atoms with E-state index < -0.39 is 0 Å². The highest BCUT2D eigenvalue weighted by Gasteiger charge is 2.32. The molecule has 9 heteroatoms. The summed E-state index contributed by atoms with van der Waals surface area (Å²) in [6.45, 7) is 1.44. The Morgan fingerprint density at radius 3 is 2.37 bits per heavy atom. The summed E-state index contributed by atoms with van der Waals surface area (Å²) >= 11 is 0. The normalized spacial score (nSPS) is 17.8. The van der Waals surface area contributed by atoms with Gasteiger partial charge in [-0.3, -0.25) is 10.1 Å². The molecule has 0 bridgehead atoms. The van der Waals surface area contributed by atoms with Gasteiger partial charge in [0.1, 0.15) is 17.8 Å². The number of nitro benzene ring substituents is 1. The van der Waals surface area contributed by atoms with Gasteiger partial charge in [-0.05, 0) is 25.7 Å². The lowest BCUT2D eigenvalue weighted by Gasteiger charge is -2.33. The van der Waals surface area contributed by atoms with Crippen LogP contribution in [0, 0.1) is 10.1 Å². The first-order valence-electron chi connectivity index (χ1n) is 9.17. The minimum atomic E-state index is -0.368. The molecule has 2 fully saturated rings. The van der Waals surface area contributed by atoms with Crippen molar-refractivity contribution in [2.45, 2.75) is 37.6 Å². The van der Waals surface area contributed by atoms with Crippen molar-refractivity contribution in [2.24, 2.45) is 0 Å². The summed E-state index contributed by atoms with van der Waals surface area (Å²) in [7, 11) is 3.01. The molecule has 2 heterocycles. The summed E-state index contributed by atoms with van der Waals surface area (Å²) in [6.07, 6.45) is 6.00. The van der Waals surface area contributed by atoms with Gasteiger partial charge in [0.05, 0.1) is 25.2 Å². The molecule has 1 saturated carbocycles. The second kappa shape index (κ2) is 7.05. The minimum absolute atomic E-state index is 0.0345. The zero-order valence-corrected chi connectivity index (χ0v) is 15.5. The van der Waals surface area contributed by atoms with Gasteiger partial charge >= 0.3 is 0 Å². The van der Waals surface area contributed by atoms with Crippen molar-refractivity contribution in [1.82, 2.24) is 14.8 Å². The van der Waals surface area contributed by atoms with E-state index in [4.69, 9.17) is 9.47 Å². The SMILES string of the molecule is COc1cc(N2CCC(c3nncn3C3CC3)CC2)c([N+](=O)[O-])cc1OC. The second-order valence-corrected chi connectivity index (χ2v) is 7.04. The predicted molar refractivity (Wildman–Crippen MR) is 98.7 cm³/mol. The molecule has 1 aliphatic heterocycles. The molecule has 27 heavy (non-hydrogen) atoms. The zero-order chi connectivity index (χ0) is 19.0. The lowest BCUT2D eigenvalue weighted by atomic mass is 9.95. The van der Waals surface area contributed by atoms with Gasteiger partial charge in [-0.25, -0.2) is 0 Å². The van der Waals surface area contributed by atoms with Crippen LogP contribution in [0.2, 0.25) is 0 Å². The third-order valence-electron chi connectivity index (χ3n) is 5.42. The topological polar surface area (TPSA) is 95.5 Å². The Kier molecular flexibility index (Phi) is 4.59. The van der Waals surface area contributed by atoms with Gasteiger partial charge in [0.2, 0.25) is 0 Å². The molecule has 0 spiro atoms. The molecule has 0 atom stereocenters. The minimum Gasteiger partial charge on any atom is -0.493 e. The molecule has 2 aliphatic rings. The highest BCUT2D eigenvalue weighted by atomic mass is 16.6. The van der Waals surface area contributed by atoms with Gasteiger partial charge in [0.25, 0.3) is 5.69 Å². The van der Waals surface area contributed by atoms with Crippen molar-refractivity contribution >= 4 is 11.4 Å². The Morgan fingerprint density at radius 1 is 1.11 bits per heavy atom. The van der Waals surface area contributed by atoms with Gasteiger partial charge in [0, 0.05) is 31.1 Å². The van der Waals surface area contributed by atoms with Crippen molar-refractivity contribution in [1.29, 1.82) is 0 Å². The molecule has 2 aromatic rings. The maximum Gasteiger partial charge on any atom is 0.296 e. The number of hydrogen-bond acceptors (Lipinski definition) is 7. The number of anilines is 1. The summed E-state index contributed by atoms with van der Waals surface area (Å²) in [6, 6.07) is 3.69. The van der Waals surface area contributed by atoms with Crippen LogP contribution in [-0.4, -0.2) is 47.0 Å². The highest BCUT2D eigenvalue weighted by molar-refractivity contribution is 5.70. The average Bonchev–Trinajstić information content (AvgIpc) is 3.43. The molecular formula is C18H23N5O4. The van der Waals surface area contributed by atoms with Crippen molar-refractivity contribution in [3.05, 3.63) is 34.4 Å². The van der Waals surface area contributed by atoms with Crippen LogP contribution in [0.15, 0.2) is 18.5 Å². The van der Waals surface area contributed by atoms with E-state index in [1.165, 1.54) is 33.1 Å². The molecule has 1 saturated heterocycles. The standard InChI is InChI=1S/C18H23N5O4/c1-26-16-9-14(15(23(24)25)10-17(16)27-2)21-7-5-12(6-8-21)18-20-19-11-22(18)13-3-4-13/h9-13H,3-8H2,1-2H3. The Hall–Kier alpha value is -2.84. The number of piperidine rings is 1. The molecule has 1 aromatic carbocycles. The first kappa shape index (κ1) is 17.6. The molecule has 9 nitrogen and oxygen atoms in total. The number of methoxy groups -OCH3 is 2. The number of benzene rings is 1. The number of aromatic nitrogens is 3. The summed E-state index contributed by atoms with van der Waals surface area (Å²) in [5.74, 6) is 2.25. The number of ether oxygens (including phenoxy) is 2. The molecule has 144 valence electrons. The van der Waals surface area contributed by atoms with Crippen molar-refractivity contribution in [3.63, 3.8) is 0 Å². The average molecular weight is 373 g/mol. The molecule has 0 radical (unpaired) electrons. The van der Waals surface area contributed by atoms with Crippen molar-refractivity contribution in [3.8, 4) is 11.5 Å². The van der Waals surface area contributed by atoms with Gasteiger partial charge in [-0.2, -0.15) is 0 Å². The molecular weight excluding hydrogens is 350 g/mol. The van der Waals surface area contributed by atoms with Crippen LogP contribution in [-0.2, 0) is 0 Å². The van der Waals surface area contributed by atoms with Gasteiger partial charge in [-0.1, -0.05) is 0 Å². The van der Waals surface area contributed by atoms with E-state index in [0.717, 1.165) is 31.8 Å². The lowest BCUT2D eigenvalue weighted by Crippen LogP contribution is -2.34. The fraction of sp³-hybridized carbons (Fsp3) is 0.556. The summed E-state index contributed by atoms with van der Waals surface area (Å²) in [5, 5.41) is 20.0. The van der Waals surface area contributed by atoms with Crippen LogP contribution in [0.5, 0.6) is 11.5 Å². The Balaban J connectivity index is 1.55. The molecule has 0 amide bonds. The maximum atomic E-state index is 11.6. The van der Waals surface area contributed by atoms with Crippen LogP contribution >= 0.6 is 0 Å². The second-order valence-electron chi connectivity index (χ2n) is 7.04. The number of hydrogen-bond donors (Lipinski definition) is 0. The van der Waals surface area contributed by atoms with Gasteiger partial charge < -0.3 is 18.9 Å². The lowest BCUT2D eigenvalue weighted by molar-refractivity contribution is -0.384. The fourth-order valence-electron chi connectivity index (χ4n) is 3.81. The fourth-order valence-corrected chi connectivity index (χ4v) is 3.81. The third kappa shape index (κ3) is 3.29. The Bertz CT molecular complexity index is 840. The van der Waals surface area contributed by atoms with Crippen LogP contribution in [0.25, 0.3) is 0 Å². The molecule has 1 aromatic heterocycles. The van der Waals surface area contributed by atoms with E-state index in [1.54, 1.807) is 6.07 Å². The summed E-state index contributed by atoms with van der Waals surface area (Å²) < 4.78 is 12.8. The maximum absolute atomic E-state index is 11.6. The first-order chi connectivity index (χ1) is 13.1.